The molecule has 0 aromatic carbocycles. The summed E-state index contributed by atoms with van der Waals surface area (Å²) in [6.45, 7) is 8.55. The highest BCUT2D eigenvalue weighted by atomic mass is 28.3. The van der Waals surface area contributed by atoms with E-state index in [0.717, 1.165) is 25.7 Å². The number of hydrogen-bond acceptors (Lipinski definition) is 1. The topological polar surface area (TPSA) is 37.3 Å². The molecule has 0 amide bonds. The highest BCUT2D eigenvalue weighted by Gasteiger charge is 2.31. The van der Waals surface area contributed by atoms with E-state index in [1.165, 1.54) is 0 Å². The zero-order valence-corrected chi connectivity index (χ0v) is 10.3. The monoisotopic (exact) mass is 202 g/mol. The van der Waals surface area contributed by atoms with Crippen molar-refractivity contribution < 1.29 is 9.90 Å². The molecule has 0 heterocycles. The fourth-order valence-corrected chi connectivity index (χ4v) is 3.34. The van der Waals surface area contributed by atoms with Crippen LogP contribution in [0.3, 0.4) is 0 Å². The van der Waals surface area contributed by atoms with Crippen molar-refractivity contribution in [2.75, 3.05) is 0 Å². The summed E-state index contributed by atoms with van der Waals surface area (Å²) in [6, 6.07) is 0. The average molecular weight is 202 g/mol. The zero-order valence-electron chi connectivity index (χ0n) is 9.26. The van der Waals surface area contributed by atoms with Gasteiger partial charge in [0.2, 0.25) is 0 Å². The van der Waals surface area contributed by atoms with Gasteiger partial charge in [0.1, 0.15) is 0 Å². The Bertz CT molecular complexity index is 161. The minimum atomic E-state index is -1.50. The van der Waals surface area contributed by atoms with E-state index >= 15 is 0 Å². The largest absolute Gasteiger partial charge is 0.481 e. The standard InChI is InChI=1S/C10H22O2Si/c1-5-6-7-8-9(10(11)12)13(2,3)4/h9H,5-8H2,1-4H3,(H,11,12). The molecular formula is C10H22O2Si. The SMILES string of the molecule is CCCCCC(C(=O)O)[Si](C)(C)C. The lowest BCUT2D eigenvalue weighted by Gasteiger charge is -2.24. The maximum Gasteiger partial charge on any atom is 0.303 e. The molecule has 78 valence electrons. The van der Waals surface area contributed by atoms with Gasteiger partial charge in [0.05, 0.1) is 13.6 Å². The van der Waals surface area contributed by atoms with E-state index in [1.807, 2.05) is 0 Å². The Morgan fingerprint density at radius 2 is 1.85 bits per heavy atom. The number of carbonyl (C=O) groups is 1. The quantitative estimate of drug-likeness (QED) is 0.529. The first kappa shape index (κ1) is 12.7. The van der Waals surface area contributed by atoms with Crippen LogP contribution in [0.1, 0.15) is 32.6 Å². The molecule has 1 atom stereocenters. The molecule has 13 heavy (non-hydrogen) atoms. The van der Waals surface area contributed by atoms with Crippen molar-refractivity contribution in [2.24, 2.45) is 0 Å². The number of carboxylic acids is 1. The molecule has 0 rings (SSSR count). The molecule has 0 spiro atoms. The molecule has 0 bridgehead atoms. The number of carboxylic acid groups (broad SMARTS) is 1. The smallest absolute Gasteiger partial charge is 0.303 e. The molecule has 1 unspecified atom stereocenters. The van der Waals surface area contributed by atoms with Crippen LogP contribution in [-0.4, -0.2) is 19.1 Å². The molecular weight excluding hydrogens is 180 g/mol. The van der Waals surface area contributed by atoms with Gasteiger partial charge in [0, 0.05) is 0 Å². The van der Waals surface area contributed by atoms with Crippen LogP contribution in [0, 0.1) is 0 Å². The van der Waals surface area contributed by atoms with E-state index in [0.29, 0.717) is 0 Å². The zero-order chi connectivity index (χ0) is 10.5. The van der Waals surface area contributed by atoms with E-state index in [2.05, 4.69) is 26.6 Å². The van der Waals surface area contributed by atoms with E-state index < -0.39 is 14.0 Å². The van der Waals surface area contributed by atoms with Gasteiger partial charge in [-0.3, -0.25) is 4.79 Å². The van der Waals surface area contributed by atoms with Crippen molar-refractivity contribution in [1.82, 2.24) is 0 Å². The lowest BCUT2D eigenvalue weighted by Crippen LogP contribution is -2.33. The van der Waals surface area contributed by atoms with Crippen molar-refractivity contribution in [3.63, 3.8) is 0 Å². The molecule has 2 nitrogen and oxygen atoms in total. The molecule has 3 heteroatoms. The molecule has 1 N–H and O–H groups in total. The van der Waals surface area contributed by atoms with Gasteiger partial charge in [-0.15, -0.1) is 0 Å². The third kappa shape index (κ3) is 5.08. The van der Waals surface area contributed by atoms with Gasteiger partial charge < -0.3 is 5.11 Å². The predicted octanol–water partition coefficient (Wildman–Crippen LogP) is 3.36. The summed E-state index contributed by atoms with van der Waals surface area (Å²) in [5.41, 5.74) is -0.0564. The summed E-state index contributed by atoms with van der Waals surface area (Å²) in [7, 11) is -1.50. The molecule has 0 saturated carbocycles. The van der Waals surface area contributed by atoms with Crippen LogP contribution < -0.4 is 0 Å². The number of rotatable bonds is 6. The Kier molecular flexibility index (Phi) is 5.29. The van der Waals surface area contributed by atoms with Gasteiger partial charge >= 0.3 is 5.97 Å². The minimum absolute atomic E-state index is 0.0564. The predicted molar refractivity (Wildman–Crippen MR) is 58.9 cm³/mol. The van der Waals surface area contributed by atoms with E-state index in [9.17, 15) is 4.79 Å². The number of hydrogen-bond donors (Lipinski definition) is 1. The van der Waals surface area contributed by atoms with Crippen LogP contribution in [0.15, 0.2) is 0 Å². The highest BCUT2D eigenvalue weighted by Crippen LogP contribution is 2.27. The fraction of sp³-hybridized carbons (Fsp3) is 0.900. The summed E-state index contributed by atoms with van der Waals surface area (Å²) in [5, 5.41) is 9.04. The summed E-state index contributed by atoms with van der Waals surface area (Å²) < 4.78 is 0. The maximum absolute atomic E-state index is 11.0. The second-order valence-corrected chi connectivity index (χ2v) is 10.2. The van der Waals surface area contributed by atoms with Crippen LogP contribution in [0.25, 0.3) is 0 Å². The van der Waals surface area contributed by atoms with Gasteiger partial charge in [-0.2, -0.15) is 0 Å². The molecule has 0 aromatic heterocycles. The second kappa shape index (κ2) is 5.42. The lowest BCUT2D eigenvalue weighted by atomic mass is 10.1. The molecule has 0 aliphatic carbocycles. The third-order valence-corrected chi connectivity index (χ3v) is 5.07. The fourth-order valence-electron chi connectivity index (χ4n) is 1.53. The van der Waals surface area contributed by atoms with Crippen molar-refractivity contribution in [1.29, 1.82) is 0 Å². The first-order valence-corrected chi connectivity index (χ1v) is 8.70. The van der Waals surface area contributed by atoms with Crippen molar-refractivity contribution in [2.45, 2.75) is 57.8 Å². The number of aliphatic carboxylic acids is 1. The highest BCUT2D eigenvalue weighted by molar-refractivity contribution is 6.80. The van der Waals surface area contributed by atoms with Crippen LogP contribution in [-0.2, 0) is 4.79 Å². The molecule has 0 aliphatic heterocycles. The summed E-state index contributed by atoms with van der Waals surface area (Å²) in [5.74, 6) is -0.588. The van der Waals surface area contributed by atoms with E-state index in [-0.39, 0.29) is 5.54 Å². The van der Waals surface area contributed by atoms with Gasteiger partial charge in [0.25, 0.3) is 0 Å². The normalized spacial score (nSPS) is 14.2. The molecule has 0 fully saturated rings. The van der Waals surface area contributed by atoms with Gasteiger partial charge in [-0.25, -0.2) is 0 Å². The van der Waals surface area contributed by atoms with Crippen LogP contribution in [0.2, 0.25) is 25.2 Å². The first-order chi connectivity index (χ1) is 5.89. The van der Waals surface area contributed by atoms with Crippen LogP contribution >= 0.6 is 0 Å². The molecule has 0 aliphatic rings. The first-order valence-electron chi connectivity index (χ1n) is 5.12. The van der Waals surface area contributed by atoms with Crippen molar-refractivity contribution in [3.8, 4) is 0 Å². The van der Waals surface area contributed by atoms with E-state index in [4.69, 9.17) is 5.11 Å². The Morgan fingerprint density at radius 1 is 1.31 bits per heavy atom. The minimum Gasteiger partial charge on any atom is -0.481 e. The van der Waals surface area contributed by atoms with E-state index in [1.54, 1.807) is 0 Å². The van der Waals surface area contributed by atoms with Crippen LogP contribution in [0.4, 0.5) is 0 Å². The van der Waals surface area contributed by atoms with Gasteiger partial charge in [-0.05, 0) is 6.42 Å². The average Bonchev–Trinajstić information content (AvgIpc) is 1.94. The van der Waals surface area contributed by atoms with Gasteiger partial charge in [-0.1, -0.05) is 45.8 Å². The Balaban J connectivity index is 4.04. The van der Waals surface area contributed by atoms with Crippen LogP contribution in [0.5, 0.6) is 0 Å². The van der Waals surface area contributed by atoms with Crippen molar-refractivity contribution in [3.05, 3.63) is 0 Å². The maximum atomic E-state index is 11.0. The van der Waals surface area contributed by atoms with Crippen molar-refractivity contribution >= 4 is 14.0 Å². The second-order valence-electron chi connectivity index (χ2n) is 4.75. The Hall–Kier alpha value is -0.313. The Labute approximate surface area is 82.4 Å². The number of unbranched alkanes of at least 4 members (excludes halogenated alkanes) is 2. The lowest BCUT2D eigenvalue weighted by molar-refractivity contribution is -0.137. The Morgan fingerprint density at radius 3 is 2.15 bits per heavy atom. The molecule has 0 radical (unpaired) electrons. The summed E-state index contributed by atoms with van der Waals surface area (Å²) >= 11 is 0. The third-order valence-electron chi connectivity index (χ3n) is 2.44. The molecule has 0 saturated heterocycles. The van der Waals surface area contributed by atoms with Gasteiger partial charge in [0.15, 0.2) is 0 Å². The molecule has 0 aromatic rings. The summed E-state index contributed by atoms with van der Waals surface area (Å²) in [4.78, 5) is 11.0. The summed E-state index contributed by atoms with van der Waals surface area (Å²) in [6.07, 6.45) is 4.27.